The Bertz CT molecular complexity index is 889. The number of halogens is 3. The smallest absolute Gasteiger partial charge is 0.384 e. The predicted molar refractivity (Wildman–Crippen MR) is 106 cm³/mol. The molecule has 0 bridgehead atoms. The van der Waals surface area contributed by atoms with Crippen molar-refractivity contribution in [2.45, 2.75) is 25.4 Å². The molecule has 1 spiro atoms. The van der Waals surface area contributed by atoms with Crippen LogP contribution in [-0.2, 0) is 20.5 Å². The lowest BCUT2D eigenvalue weighted by Crippen LogP contribution is -2.49. The van der Waals surface area contributed by atoms with E-state index in [1.54, 1.807) is 15.9 Å². The number of alkyl halides is 3. The number of anilines is 1. The Labute approximate surface area is 178 Å². The number of rotatable bonds is 5. The Morgan fingerprint density at radius 3 is 2.55 bits per heavy atom. The molecule has 1 unspecified atom stereocenters. The summed E-state index contributed by atoms with van der Waals surface area (Å²) in [6.07, 6.45) is -3.30. The van der Waals surface area contributed by atoms with Crippen molar-refractivity contribution in [1.29, 1.82) is 5.26 Å². The van der Waals surface area contributed by atoms with Gasteiger partial charge in [-0.3, -0.25) is 9.59 Å². The first-order valence-electron chi connectivity index (χ1n) is 10.0. The molecule has 2 fully saturated rings. The second kappa shape index (κ2) is 8.75. The number of carbonyl (C=O) groups is 2. The van der Waals surface area contributed by atoms with Crippen LogP contribution in [0.2, 0.25) is 0 Å². The fraction of sp³-hybridized carbons (Fsp3) is 0.571. The number of methoxy groups -OCH3 is 1. The van der Waals surface area contributed by atoms with E-state index in [1.807, 2.05) is 0 Å². The number of likely N-dealkylation sites (tertiary alicyclic amines) is 1. The van der Waals surface area contributed by atoms with Crippen LogP contribution in [0, 0.1) is 22.7 Å². The zero-order valence-corrected chi connectivity index (χ0v) is 17.2. The number of amides is 2. The number of nitrogens with zero attached hydrogens (tertiary/aromatic N) is 3. The third-order valence-electron chi connectivity index (χ3n) is 6.42. The molecule has 1 aromatic rings. The predicted octanol–water partition coefficient (Wildman–Crippen LogP) is 2.14. The van der Waals surface area contributed by atoms with E-state index in [-0.39, 0.29) is 18.9 Å². The summed E-state index contributed by atoms with van der Waals surface area (Å²) >= 11 is 0. The number of primary amides is 1. The molecule has 2 aliphatic rings. The van der Waals surface area contributed by atoms with E-state index in [0.29, 0.717) is 44.8 Å². The van der Waals surface area contributed by atoms with Gasteiger partial charge >= 0.3 is 6.18 Å². The number of benzene rings is 1. The molecule has 2 saturated heterocycles. The van der Waals surface area contributed by atoms with E-state index in [0.717, 1.165) is 12.1 Å². The van der Waals surface area contributed by atoms with E-state index in [2.05, 4.69) is 0 Å². The summed E-state index contributed by atoms with van der Waals surface area (Å²) in [6, 6.07) is 5.15. The Hall–Kier alpha value is -2.80. The Morgan fingerprint density at radius 2 is 2.00 bits per heavy atom. The van der Waals surface area contributed by atoms with Gasteiger partial charge < -0.3 is 20.3 Å². The number of hydrogen-bond acceptors (Lipinski definition) is 5. The minimum Gasteiger partial charge on any atom is -0.384 e. The van der Waals surface area contributed by atoms with Gasteiger partial charge in [0.05, 0.1) is 36.1 Å². The normalized spacial score (nSPS) is 20.7. The second-order valence-electron chi connectivity index (χ2n) is 8.16. The lowest BCUT2D eigenvalue weighted by Gasteiger charge is -2.41. The van der Waals surface area contributed by atoms with Crippen molar-refractivity contribution < 1.29 is 27.5 Å². The standard InChI is InChI=1S/C21H25F3N4O3/c1-31-9-4-18(29)27-7-5-20(6-8-27)13-28(12-17(20)19(26)30)15-3-2-14(11-25)16(10-15)21(22,23)24/h2-3,10,17H,4-9,12-13H2,1H3,(H2,26,30). The van der Waals surface area contributed by atoms with Gasteiger partial charge in [-0.2, -0.15) is 18.4 Å². The van der Waals surface area contributed by atoms with Crippen molar-refractivity contribution in [2.75, 3.05) is 44.8 Å². The fourth-order valence-electron chi connectivity index (χ4n) is 4.67. The lowest BCUT2D eigenvalue weighted by atomic mass is 9.70. The van der Waals surface area contributed by atoms with Crippen molar-refractivity contribution in [3.05, 3.63) is 29.3 Å². The highest BCUT2D eigenvalue weighted by Gasteiger charge is 2.51. The molecule has 0 radical (unpaired) electrons. The minimum absolute atomic E-state index is 0.0240. The maximum atomic E-state index is 13.4. The van der Waals surface area contributed by atoms with E-state index in [4.69, 9.17) is 15.7 Å². The van der Waals surface area contributed by atoms with Crippen LogP contribution in [-0.4, -0.2) is 56.6 Å². The van der Waals surface area contributed by atoms with Gasteiger partial charge in [-0.25, -0.2) is 0 Å². The van der Waals surface area contributed by atoms with E-state index < -0.39 is 34.5 Å². The molecule has 3 rings (SSSR count). The van der Waals surface area contributed by atoms with Crippen LogP contribution in [0.5, 0.6) is 0 Å². The molecule has 2 aliphatic heterocycles. The Balaban J connectivity index is 1.81. The fourth-order valence-corrected chi connectivity index (χ4v) is 4.67. The molecular formula is C21H25F3N4O3. The van der Waals surface area contributed by atoms with Crippen molar-refractivity contribution in [1.82, 2.24) is 4.90 Å². The molecule has 10 heteroatoms. The molecule has 0 saturated carbocycles. The van der Waals surface area contributed by atoms with Gasteiger partial charge in [-0.05, 0) is 31.0 Å². The minimum atomic E-state index is -4.66. The third-order valence-corrected chi connectivity index (χ3v) is 6.42. The van der Waals surface area contributed by atoms with Gasteiger partial charge in [0.15, 0.2) is 0 Å². The molecule has 1 atom stereocenters. The molecular weight excluding hydrogens is 413 g/mol. The summed E-state index contributed by atoms with van der Waals surface area (Å²) in [6.45, 7) is 1.82. The maximum absolute atomic E-state index is 13.4. The van der Waals surface area contributed by atoms with Gasteiger partial charge in [-0.1, -0.05) is 0 Å². The molecule has 168 valence electrons. The van der Waals surface area contributed by atoms with Gasteiger partial charge in [0, 0.05) is 44.4 Å². The van der Waals surface area contributed by atoms with Gasteiger partial charge in [0.2, 0.25) is 11.8 Å². The highest BCUT2D eigenvalue weighted by atomic mass is 19.4. The first kappa shape index (κ1) is 22.9. The summed E-state index contributed by atoms with van der Waals surface area (Å²) in [5.41, 5.74) is 4.02. The monoisotopic (exact) mass is 438 g/mol. The molecule has 2 heterocycles. The zero-order chi connectivity index (χ0) is 22.8. The molecule has 31 heavy (non-hydrogen) atoms. The molecule has 1 aromatic carbocycles. The quantitative estimate of drug-likeness (QED) is 0.759. The highest BCUT2D eigenvalue weighted by molar-refractivity contribution is 5.80. The largest absolute Gasteiger partial charge is 0.417 e. The summed E-state index contributed by atoms with van der Waals surface area (Å²) in [5.74, 6) is -1.05. The lowest BCUT2D eigenvalue weighted by molar-refractivity contribution is -0.138. The molecule has 2 amide bonds. The first-order chi connectivity index (χ1) is 14.6. The van der Waals surface area contributed by atoms with Crippen molar-refractivity contribution >= 4 is 17.5 Å². The summed E-state index contributed by atoms with van der Waals surface area (Å²) in [4.78, 5) is 27.9. The van der Waals surface area contributed by atoms with Crippen LogP contribution in [0.1, 0.15) is 30.4 Å². The van der Waals surface area contributed by atoms with Gasteiger partial charge in [-0.15, -0.1) is 0 Å². The number of ether oxygens (including phenoxy) is 1. The van der Waals surface area contributed by atoms with E-state index in [1.165, 1.54) is 13.2 Å². The number of piperidine rings is 1. The average molecular weight is 438 g/mol. The van der Waals surface area contributed by atoms with Gasteiger partial charge in [0.25, 0.3) is 0 Å². The van der Waals surface area contributed by atoms with Crippen LogP contribution in [0.25, 0.3) is 0 Å². The van der Waals surface area contributed by atoms with E-state index in [9.17, 15) is 22.8 Å². The summed E-state index contributed by atoms with van der Waals surface area (Å²) < 4.78 is 45.1. The topological polar surface area (TPSA) is 99.7 Å². The number of carbonyl (C=O) groups excluding carboxylic acids is 2. The first-order valence-corrected chi connectivity index (χ1v) is 10.0. The van der Waals surface area contributed by atoms with Gasteiger partial charge in [0.1, 0.15) is 0 Å². The maximum Gasteiger partial charge on any atom is 0.417 e. The number of hydrogen-bond donors (Lipinski definition) is 1. The van der Waals surface area contributed by atoms with Crippen molar-refractivity contribution in [3.63, 3.8) is 0 Å². The van der Waals surface area contributed by atoms with Crippen LogP contribution in [0.15, 0.2) is 18.2 Å². The summed E-state index contributed by atoms with van der Waals surface area (Å²) in [7, 11) is 1.52. The van der Waals surface area contributed by atoms with Crippen molar-refractivity contribution in [2.24, 2.45) is 17.1 Å². The zero-order valence-electron chi connectivity index (χ0n) is 17.2. The second-order valence-corrected chi connectivity index (χ2v) is 8.16. The number of nitrogens with two attached hydrogens (primary N) is 1. The molecule has 0 aliphatic carbocycles. The number of nitriles is 1. The van der Waals surface area contributed by atoms with E-state index >= 15 is 0 Å². The highest BCUT2D eigenvalue weighted by Crippen LogP contribution is 2.46. The Morgan fingerprint density at radius 1 is 1.32 bits per heavy atom. The third kappa shape index (κ3) is 4.61. The summed E-state index contributed by atoms with van der Waals surface area (Å²) in [5, 5.41) is 9.01. The molecule has 0 aromatic heterocycles. The molecule has 2 N–H and O–H groups in total. The Kier molecular flexibility index (Phi) is 6.46. The van der Waals surface area contributed by atoms with Crippen LogP contribution in [0.4, 0.5) is 18.9 Å². The van der Waals surface area contributed by atoms with Crippen LogP contribution >= 0.6 is 0 Å². The van der Waals surface area contributed by atoms with Crippen LogP contribution in [0.3, 0.4) is 0 Å². The average Bonchev–Trinajstić information content (AvgIpc) is 3.10. The van der Waals surface area contributed by atoms with Crippen molar-refractivity contribution in [3.8, 4) is 6.07 Å². The molecule has 7 nitrogen and oxygen atoms in total. The SMILES string of the molecule is COCCC(=O)N1CCC2(CC1)CN(c1ccc(C#N)c(C(F)(F)F)c1)CC2C(N)=O. The van der Waals surface area contributed by atoms with Crippen LogP contribution < -0.4 is 10.6 Å².